The van der Waals surface area contributed by atoms with E-state index in [0.717, 1.165) is 23.3 Å². The van der Waals surface area contributed by atoms with Crippen LogP contribution >= 0.6 is 23.5 Å². The van der Waals surface area contributed by atoms with Crippen LogP contribution in [0.3, 0.4) is 0 Å². The lowest BCUT2D eigenvalue weighted by molar-refractivity contribution is -0.120. The molecule has 1 aromatic carbocycles. The fourth-order valence-electron chi connectivity index (χ4n) is 2.08. The third-order valence-electron chi connectivity index (χ3n) is 3.13. The molecule has 21 heavy (non-hydrogen) atoms. The van der Waals surface area contributed by atoms with Crippen molar-refractivity contribution in [2.45, 2.75) is 11.8 Å². The highest BCUT2D eigenvalue weighted by Crippen LogP contribution is 2.24. The van der Waals surface area contributed by atoms with Crippen molar-refractivity contribution >= 4 is 40.5 Å². The summed E-state index contributed by atoms with van der Waals surface area (Å²) in [4.78, 5) is 18.9. The molecule has 1 fully saturated rings. The van der Waals surface area contributed by atoms with E-state index in [9.17, 15) is 13.6 Å². The Morgan fingerprint density at radius 2 is 2.29 bits per heavy atom. The van der Waals surface area contributed by atoms with Crippen LogP contribution in [0.1, 0.15) is 5.82 Å². The van der Waals surface area contributed by atoms with Gasteiger partial charge in [0.2, 0.25) is 5.91 Å². The third kappa shape index (κ3) is 3.16. The van der Waals surface area contributed by atoms with Gasteiger partial charge in [-0.05, 0) is 12.1 Å². The van der Waals surface area contributed by atoms with Crippen molar-refractivity contribution in [1.29, 1.82) is 0 Å². The Labute approximate surface area is 128 Å². The summed E-state index contributed by atoms with van der Waals surface area (Å²) >= 11 is 3.41. The van der Waals surface area contributed by atoms with E-state index >= 15 is 0 Å². The topological polar surface area (TPSA) is 57.8 Å². The van der Waals surface area contributed by atoms with E-state index < -0.39 is 11.6 Å². The highest BCUT2D eigenvalue weighted by molar-refractivity contribution is 8.07. The number of benzene rings is 1. The van der Waals surface area contributed by atoms with Crippen LogP contribution < -0.4 is 5.32 Å². The summed E-state index contributed by atoms with van der Waals surface area (Å²) in [5, 5.41) is 2.73. The first-order valence-electron chi connectivity index (χ1n) is 6.45. The Kier molecular flexibility index (Phi) is 4.34. The molecule has 3 rings (SSSR count). The van der Waals surface area contributed by atoms with Crippen LogP contribution in [0.25, 0.3) is 11.0 Å². The zero-order valence-corrected chi connectivity index (χ0v) is 12.6. The number of aromatic amines is 1. The molecule has 1 aliphatic heterocycles. The molecule has 2 aromatic rings. The largest absolute Gasteiger partial charge is 0.348 e. The smallest absolute Gasteiger partial charge is 0.234 e. The zero-order valence-electron chi connectivity index (χ0n) is 11.0. The van der Waals surface area contributed by atoms with Crippen molar-refractivity contribution in [1.82, 2.24) is 15.3 Å². The first-order valence-corrected chi connectivity index (χ1v) is 8.65. The fraction of sp³-hybridized carbons (Fsp3) is 0.385. The molecule has 1 saturated heterocycles. The van der Waals surface area contributed by atoms with E-state index in [4.69, 9.17) is 0 Å². The summed E-state index contributed by atoms with van der Waals surface area (Å²) in [7, 11) is 0. The number of amides is 1. The molecule has 2 N–H and O–H groups in total. The normalized spacial score (nSPS) is 18.9. The molecule has 1 aromatic heterocycles. The molecule has 4 nitrogen and oxygen atoms in total. The van der Waals surface area contributed by atoms with Gasteiger partial charge in [-0.1, -0.05) is 0 Å². The summed E-state index contributed by atoms with van der Waals surface area (Å²) in [6.45, 7) is 0.177. The molecule has 1 amide bonds. The maximum absolute atomic E-state index is 13.6. The van der Waals surface area contributed by atoms with Crippen molar-refractivity contribution < 1.29 is 13.6 Å². The van der Waals surface area contributed by atoms with Gasteiger partial charge in [0.25, 0.3) is 0 Å². The van der Waals surface area contributed by atoms with Gasteiger partial charge in [-0.2, -0.15) is 11.8 Å². The van der Waals surface area contributed by atoms with Crippen molar-refractivity contribution in [2.24, 2.45) is 0 Å². The summed E-state index contributed by atoms with van der Waals surface area (Å²) in [6, 6.07) is 2.48. The molecule has 1 atom stereocenters. The lowest BCUT2D eigenvalue weighted by Crippen LogP contribution is -2.35. The highest BCUT2D eigenvalue weighted by atomic mass is 32.2. The quantitative estimate of drug-likeness (QED) is 0.907. The summed E-state index contributed by atoms with van der Waals surface area (Å²) in [5.74, 6) is 1.31. The van der Waals surface area contributed by atoms with Gasteiger partial charge in [-0.25, -0.2) is 13.8 Å². The molecule has 112 valence electrons. The van der Waals surface area contributed by atoms with Gasteiger partial charge >= 0.3 is 0 Å². The number of nitrogens with zero attached hydrogens (tertiary/aromatic N) is 1. The average Bonchev–Trinajstić information content (AvgIpc) is 2.93. The second kappa shape index (κ2) is 6.23. The van der Waals surface area contributed by atoms with Crippen LogP contribution in [-0.2, 0) is 11.3 Å². The monoisotopic (exact) mass is 329 g/mol. The Balaban J connectivity index is 1.68. The maximum atomic E-state index is 13.6. The average molecular weight is 329 g/mol. The molecule has 2 heterocycles. The molecule has 1 unspecified atom stereocenters. The van der Waals surface area contributed by atoms with E-state index in [1.807, 2.05) is 0 Å². The van der Waals surface area contributed by atoms with Crippen LogP contribution in [0.5, 0.6) is 0 Å². The third-order valence-corrected chi connectivity index (χ3v) is 5.89. The van der Waals surface area contributed by atoms with Crippen LogP contribution in [0.2, 0.25) is 0 Å². The Morgan fingerprint density at radius 3 is 3.05 bits per heavy atom. The SMILES string of the molecule is O=C(NCc1nc2c(F)c(F)ccc2[nH]1)C1CSCCS1. The number of rotatable bonds is 3. The predicted molar refractivity (Wildman–Crippen MR) is 81.4 cm³/mol. The van der Waals surface area contributed by atoms with Crippen molar-refractivity contribution in [3.63, 3.8) is 0 Å². The second-order valence-corrected chi connectivity index (χ2v) is 7.05. The minimum Gasteiger partial charge on any atom is -0.348 e. The predicted octanol–water partition coefficient (Wildman–Crippen LogP) is 2.31. The number of aromatic nitrogens is 2. The van der Waals surface area contributed by atoms with Crippen LogP contribution in [0.15, 0.2) is 12.1 Å². The number of thioether (sulfide) groups is 2. The lowest BCUT2D eigenvalue weighted by Gasteiger charge is -2.19. The minimum atomic E-state index is -0.972. The van der Waals surface area contributed by atoms with Gasteiger partial charge in [0.05, 0.1) is 17.3 Å². The second-order valence-electron chi connectivity index (χ2n) is 4.59. The molecule has 1 aliphatic rings. The van der Waals surface area contributed by atoms with Crippen LogP contribution in [0.4, 0.5) is 8.78 Å². The Hall–Kier alpha value is -1.28. The van der Waals surface area contributed by atoms with E-state index in [1.54, 1.807) is 23.5 Å². The molecule has 0 saturated carbocycles. The first-order chi connectivity index (χ1) is 10.1. The van der Waals surface area contributed by atoms with E-state index in [-0.39, 0.29) is 23.2 Å². The Bertz CT molecular complexity index is 671. The van der Waals surface area contributed by atoms with Crippen LogP contribution in [0, 0.1) is 11.6 Å². The number of nitrogens with one attached hydrogen (secondary N) is 2. The molecular formula is C13H13F2N3OS2. The van der Waals surface area contributed by atoms with Crippen molar-refractivity contribution in [2.75, 3.05) is 17.3 Å². The highest BCUT2D eigenvalue weighted by Gasteiger charge is 2.22. The first kappa shape index (κ1) is 14.6. The molecule has 0 bridgehead atoms. The molecule has 0 spiro atoms. The number of hydrogen-bond acceptors (Lipinski definition) is 4. The lowest BCUT2D eigenvalue weighted by atomic mass is 10.3. The zero-order chi connectivity index (χ0) is 14.8. The number of halogens is 2. The Morgan fingerprint density at radius 1 is 1.43 bits per heavy atom. The van der Waals surface area contributed by atoms with Gasteiger partial charge < -0.3 is 10.3 Å². The van der Waals surface area contributed by atoms with Crippen molar-refractivity contribution in [3.8, 4) is 0 Å². The van der Waals surface area contributed by atoms with Gasteiger partial charge in [-0.15, -0.1) is 11.8 Å². The minimum absolute atomic E-state index is 0.0400. The number of hydrogen-bond donors (Lipinski definition) is 2. The molecule has 8 heteroatoms. The summed E-state index contributed by atoms with van der Waals surface area (Å²) in [5.41, 5.74) is 0.377. The van der Waals surface area contributed by atoms with Gasteiger partial charge in [0.1, 0.15) is 11.3 Å². The van der Waals surface area contributed by atoms with E-state index in [1.165, 1.54) is 6.07 Å². The molecule has 0 radical (unpaired) electrons. The number of carbonyl (C=O) groups is 1. The van der Waals surface area contributed by atoms with Crippen LogP contribution in [-0.4, -0.2) is 38.4 Å². The van der Waals surface area contributed by atoms with Gasteiger partial charge in [-0.3, -0.25) is 4.79 Å². The van der Waals surface area contributed by atoms with E-state index in [0.29, 0.717) is 11.3 Å². The summed E-state index contributed by atoms with van der Waals surface area (Å²) in [6.07, 6.45) is 0. The number of carbonyl (C=O) groups excluding carboxylic acids is 1. The van der Waals surface area contributed by atoms with E-state index in [2.05, 4.69) is 15.3 Å². The van der Waals surface area contributed by atoms with Crippen molar-refractivity contribution in [3.05, 3.63) is 29.6 Å². The van der Waals surface area contributed by atoms with Gasteiger partial charge in [0.15, 0.2) is 11.6 Å². The molecular weight excluding hydrogens is 316 g/mol. The maximum Gasteiger partial charge on any atom is 0.234 e. The number of H-pyrrole nitrogens is 1. The molecule has 0 aliphatic carbocycles. The number of imidazole rings is 1. The van der Waals surface area contributed by atoms with Gasteiger partial charge in [0, 0.05) is 17.3 Å². The fourth-order valence-corrected chi connectivity index (χ4v) is 4.66. The summed E-state index contributed by atoms with van der Waals surface area (Å²) < 4.78 is 26.7. The standard InChI is InChI=1S/C13H13F2N3OS2/c14-7-1-2-8-12(11(7)15)18-10(17-8)5-16-13(19)9-6-20-3-4-21-9/h1-2,9H,3-6H2,(H,16,19)(H,17,18). The number of fused-ring (bicyclic) bond motifs is 1.